The highest BCUT2D eigenvalue weighted by Gasteiger charge is 2.20. The number of benzene rings is 1. The number of rotatable bonds is 8. The van der Waals surface area contributed by atoms with Crippen LogP contribution in [0.15, 0.2) is 61.1 Å². The topological polar surface area (TPSA) is 59.8 Å². The standard InChI is InChI=1S/C20H21FN4OS/c1-25-12-11-23-20(25)19(15-5-7-16(21)8-6-15)24-18(26)9-13-27-14-17-4-2-3-10-22-17/h2-8,10-12,19H,9,13-14H2,1H3,(H,24,26). The Hall–Kier alpha value is -2.67. The van der Waals surface area contributed by atoms with Gasteiger partial charge in [-0.25, -0.2) is 9.37 Å². The fourth-order valence-corrected chi connectivity index (χ4v) is 3.52. The van der Waals surface area contributed by atoms with Crippen LogP contribution in [0.4, 0.5) is 4.39 Å². The number of hydrogen-bond acceptors (Lipinski definition) is 4. The van der Waals surface area contributed by atoms with E-state index in [2.05, 4.69) is 15.3 Å². The van der Waals surface area contributed by atoms with Crippen molar-refractivity contribution in [1.29, 1.82) is 0 Å². The molecule has 0 aliphatic carbocycles. The number of halogens is 1. The van der Waals surface area contributed by atoms with Crippen molar-refractivity contribution in [2.45, 2.75) is 18.2 Å². The molecule has 0 fully saturated rings. The summed E-state index contributed by atoms with van der Waals surface area (Å²) < 4.78 is 15.1. The van der Waals surface area contributed by atoms with Crippen LogP contribution in [0.25, 0.3) is 0 Å². The van der Waals surface area contributed by atoms with Gasteiger partial charge in [0.25, 0.3) is 0 Å². The van der Waals surface area contributed by atoms with E-state index in [9.17, 15) is 9.18 Å². The lowest BCUT2D eigenvalue weighted by atomic mass is 10.1. The Balaban J connectivity index is 1.59. The van der Waals surface area contributed by atoms with Gasteiger partial charge in [0, 0.05) is 43.6 Å². The molecule has 1 N–H and O–H groups in total. The molecule has 0 aliphatic rings. The number of thioether (sulfide) groups is 1. The molecular weight excluding hydrogens is 363 g/mol. The van der Waals surface area contributed by atoms with Crippen LogP contribution in [0.5, 0.6) is 0 Å². The average Bonchev–Trinajstić information content (AvgIpc) is 3.11. The van der Waals surface area contributed by atoms with E-state index in [1.165, 1.54) is 12.1 Å². The van der Waals surface area contributed by atoms with Gasteiger partial charge in [-0.1, -0.05) is 18.2 Å². The highest BCUT2D eigenvalue weighted by Crippen LogP contribution is 2.21. The van der Waals surface area contributed by atoms with Crippen LogP contribution in [-0.4, -0.2) is 26.2 Å². The lowest BCUT2D eigenvalue weighted by Crippen LogP contribution is -2.31. The number of imidazole rings is 1. The van der Waals surface area contributed by atoms with Gasteiger partial charge >= 0.3 is 0 Å². The van der Waals surface area contributed by atoms with Crippen molar-refractivity contribution < 1.29 is 9.18 Å². The predicted molar refractivity (Wildman–Crippen MR) is 105 cm³/mol. The largest absolute Gasteiger partial charge is 0.342 e. The molecule has 27 heavy (non-hydrogen) atoms. The summed E-state index contributed by atoms with van der Waals surface area (Å²) in [7, 11) is 1.87. The van der Waals surface area contributed by atoms with Crippen molar-refractivity contribution in [3.05, 3.63) is 84.0 Å². The fraction of sp³-hybridized carbons (Fsp3) is 0.250. The zero-order valence-corrected chi connectivity index (χ0v) is 15.8. The van der Waals surface area contributed by atoms with E-state index in [1.807, 2.05) is 36.0 Å². The minimum absolute atomic E-state index is 0.0687. The Kier molecular flexibility index (Phi) is 6.59. The van der Waals surface area contributed by atoms with Gasteiger partial charge in [-0.05, 0) is 29.8 Å². The summed E-state index contributed by atoms with van der Waals surface area (Å²) >= 11 is 1.67. The van der Waals surface area contributed by atoms with Gasteiger partial charge in [-0.15, -0.1) is 0 Å². The molecular formula is C20H21FN4OS. The Labute approximate surface area is 162 Å². The Morgan fingerprint density at radius 2 is 2.00 bits per heavy atom. The van der Waals surface area contributed by atoms with Crippen molar-refractivity contribution in [3.63, 3.8) is 0 Å². The molecule has 3 aromatic rings. The molecule has 0 saturated heterocycles. The van der Waals surface area contributed by atoms with Gasteiger partial charge in [0.2, 0.25) is 5.91 Å². The number of carbonyl (C=O) groups is 1. The van der Waals surface area contributed by atoms with Crippen molar-refractivity contribution in [3.8, 4) is 0 Å². The van der Waals surface area contributed by atoms with E-state index in [0.717, 1.165) is 17.0 Å². The maximum absolute atomic E-state index is 13.3. The van der Waals surface area contributed by atoms with E-state index in [1.54, 1.807) is 36.3 Å². The third kappa shape index (κ3) is 5.40. The first-order valence-electron chi connectivity index (χ1n) is 8.63. The Bertz CT molecular complexity index is 867. The molecule has 3 rings (SSSR count). The Morgan fingerprint density at radius 1 is 1.19 bits per heavy atom. The maximum Gasteiger partial charge on any atom is 0.221 e. The quantitative estimate of drug-likeness (QED) is 0.604. The smallest absolute Gasteiger partial charge is 0.221 e. The minimum Gasteiger partial charge on any atom is -0.342 e. The molecule has 0 radical (unpaired) electrons. The molecule has 7 heteroatoms. The molecule has 1 amide bonds. The predicted octanol–water partition coefficient (Wildman–Crippen LogP) is 3.48. The van der Waals surface area contributed by atoms with Crippen molar-refractivity contribution in [2.24, 2.45) is 7.05 Å². The lowest BCUT2D eigenvalue weighted by Gasteiger charge is -2.19. The zero-order chi connectivity index (χ0) is 19.1. The van der Waals surface area contributed by atoms with Crippen LogP contribution >= 0.6 is 11.8 Å². The van der Waals surface area contributed by atoms with Crippen LogP contribution in [0.3, 0.4) is 0 Å². The number of pyridine rings is 1. The molecule has 2 aromatic heterocycles. The third-order valence-electron chi connectivity index (χ3n) is 4.07. The monoisotopic (exact) mass is 384 g/mol. The first kappa shape index (κ1) is 19.1. The summed E-state index contributed by atoms with van der Waals surface area (Å²) in [5, 5.41) is 3.02. The number of nitrogens with zero attached hydrogens (tertiary/aromatic N) is 3. The number of nitrogens with one attached hydrogen (secondary N) is 1. The lowest BCUT2D eigenvalue weighted by molar-refractivity contribution is -0.121. The summed E-state index contributed by atoms with van der Waals surface area (Å²) in [6, 6.07) is 11.5. The van der Waals surface area contributed by atoms with Crippen LogP contribution in [0, 0.1) is 5.82 Å². The molecule has 0 saturated carbocycles. The van der Waals surface area contributed by atoms with Crippen LogP contribution in [-0.2, 0) is 17.6 Å². The van der Waals surface area contributed by atoms with Gasteiger partial charge < -0.3 is 9.88 Å². The molecule has 0 bridgehead atoms. The first-order chi connectivity index (χ1) is 13.1. The van der Waals surface area contributed by atoms with Crippen LogP contribution in [0.2, 0.25) is 0 Å². The fourth-order valence-electron chi connectivity index (χ4n) is 2.67. The van der Waals surface area contributed by atoms with Gasteiger partial charge in [-0.2, -0.15) is 11.8 Å². The third-order valence-corrected chi connectivity index (χ3v) is 5.07. The van der Waals surface area contributed by atoms with E-state index < -0.39 is 6.04 Å². The second-order valence-electron chi connectivity index (χ2n) is 6.07. The summed E-state index contributed by atoms with van der Waals surface area (Å²) in [6.07, 6.45) is 5.66. The van der Waals surface area contributed by atoms with Crippen LogP contribution < -0.4 is 5.32 Å². The summed E-state index contributed by atoms with van der Waals surface area (Å²) in [4.78, 5) is 21.1. The number of aromatic nitrogens is 3. The van der Waals surface area contributed by atoms with Crippen molar-refractivity contribution in [2.75, 3.05) is 5.75 Å². The molecule has 5 nitrogen and oxygen atoms in total. The summed E-state index contributed by atoms with van der Waals surface area (Å²) in [6.45, 7) is 0. The maximum atomic E-state index is 13.3. The van der Waals surface area contributed by atoms with Gasteiger partial charge in [0.1, 0.15) is 17.7 Å². The van der Waals surface area contributed by atoms with E-state index in [-0.39, 0.29) is 11.7 Å². The molecule has 0 aliphatic heterocycles. The number of amides is 1. The van der Waals surface area contributed by atoms with E-state index in [4.69, 9.17) is 0 Å². The van der Waals surface area contributed by atoms with Crippen LogP contribution in [0.1, 0.15) is 29.5 Å². The summed E-state index contributed by atoms with van der Waals surface area (Å²) in [5.74, 6) is 1.79. The van der Waals surface area contributed by atoms with E-state index in [0.29, 0.717) is 18.0 Å². The van der Waals surface area contributed by atoms with Gasteiger partial charge in [0.05, 0.1) is 5.69 Å². The molecule has 140 valence electrons. The normalized spacial score (nSPS) is 11.9. The first-order valence-corrected chi connectivity index (χ1v) is 9.78. The van der Waals surface area contributed by atoms with Gasteiger partial charge in [-0.3, -0.25) is 9.78 Å². The molecule has 2 heterocycles. The highest BCUT2D eigenvalue weighted by atomic mass is 32.2. The molecule has 0 spiro atoms. The SMILES string of the molecule is Cn1ccnc1C(NC(=O)CCSCc1ccccn1)c1ccc(F)cc1. The Morgan fingerprint density at radius 3 is 2.67 bits per heavy atom. The van der Waals surface area contributed by atoms with Gasteiger partial charge in [0.15, 0.2) is 0 Å². The average molecular weight is 384 g/mol. The molecule has 1 unspecified atom stereocenters. The second kappa shape index (κ2) is 9.32. The van der Waals surface area contributed by atoms with Crippen molar-refractivity contribution >= 4 is 17.7 Å². The highest BCUT2D eigenvalue weighted by molar-refractivity contribution is 7.98. The zero-order valence-electron chi connectivity index (χ0n) is 15.0. The second-order valence-corrected chi connectivity index (χ2v) is 7.18. The number of hydrogen-bond donors (Lipinski definition) is 1. The van der Waals surface area contributed by atoms with Crippen molar-refractivity contribution in [1.82, 2.24) is 19.9 Å². The summed E-state index contributed by atoms with van der Waals surface area (Å²) in [5.41, 5.74) is 1.79. The molecule has 1 atom stereocenters. The molecule has 1 aromatic carbocycles. The van der Waals surface area contributed by atoms with E-state index >= 15 is 0 Å². The number of carbonyl (C=O) groups excluding carboxylic acids is 1. The minimum atomic E-state index is -0.418. The number of aryl methyl sites for hydroxylation is 1.